The van der Waals surface area contributed by atoms with Crippen molar-refractivity contribution < 1.29 is 17.2 Å². The third-order valence-electron chi connectivity index (χ3n) is 4.39. The van der Waals surface area contributed by atoms with Gasteiger partial charge in [-0.25, -0.2) is 17.2 Å². The Hall–Kier alpha value is -1.99. The van der Waals surface area contributed by atoms with E-state index < -0.39 is 21.7 Å². The number of rotatable bonds is 5. The molecule has 0 unspecified atom stereocenters. The first-order chi connectivity index (χ1) is 12.0. The molecule has 0 amide bonds. The number of aryl methyl sites for hydroxylation is 1. The highest BCUT2D eigenvalue weighted by Crippen LogP contribution is 2.20. The summed E-state index contributed by atoms with van der Waals surface area (Å²) in [5.41, 5.74) is 1.56. The van der Waals surface area contributed by atoms with Crippen LogP contribution in [0.1, 0.15) is 5.56 Å². The molecule has 1 fully saturated rings. The molecular formula is C18H20F2N2O2S. The molecule has 0 saturated carbocycles. The quantitative estimate of drug-likeness (QED) is 0.817. The van der Waals surface area contributed by atoms with Crippen LogP contribution in [-0.2, 0) is 16.4 Å². The lowest BCUT2D eigenvalue weighted by molar-refractivity contribution is 0.384. The lowest BCUT2D eigenvalue weighted by Crippen LogP contribution is -2.49. The minimum absolute atomic E-state index is 0.0716. The lowest BCUT2D eigenvalue weighted by atomic mass is 10.2. The van der Waals surface area contributed by atoms with Gasteiger partial charge in [-0.2, -0.15) is 4.31 Å². The Labute approximate surface area is 146 Å². The van der Waals surface area contributed by atoms with Gasteiger partial charge in [-0.3, -0.25) is 0 Å². The molecule has 1 aliphatic heterocycles. The maximum Gasteiger partial charge on any atom is 0.214 e. The number of hydrogen-bond donors (Lipinski definition) is 0. The van der Waals surface area contributed by atoms with Crippen molar-refractivity contribution in [2.45, 2.75) is 6.42 Å². The minimum atomic E-state index is -3.33. The van der Waals surface area contributed by atoms with Crippen LogP contribution in [0.2, 0.25) is 0 Å². The normalized spacial score (nSPS) is 16.2. The first-order valence-electron chi connectivity index (χ1n) is 8.17. The van der Waals surface area contributed by atoms with Gasteiger partial charge in [-0.05, 0) is 24.1 Å². The summed E-state index contributed by atoms with van der Waals surface area (Å²) in [4.78, 5) is 1.87. The van der Waals surface area contributed by atoms with Crippen molar-refractivity contribution in [3.05, 3.63) is 65.7 Å². The molecule has 0 atom stereocenters. The van der Waals surface area contributed by atoms with E-state index in [-0.39, 0.29) is 5.75 Å². The van der Waals surface area contributed by atoms with Gasteiger partial charge in [0.1, 0.15) is 0 Å². The Balaban J connectivity index is 1.58. The standard InChI is InChI=1S/C18H20F2N2O2S/c19-17-7-6-16(14-18(17)20)21-9-11-22(12-10-21)25(23,24)13-8-15-4-2-1-3-5-15/h1-7,14H,8-13H2. The van der Waals surface area contributed by atoms with E-state index in [0.29, 0.717) is 38.3 Å². The summed E-state index contributed by atoms with van der Waals surface area (Å²) < 4.78 is 52.9. The third kappa shape index (κ3) is 4.35. The summed E-state index contributed by atoms with van der Waals surface area (Å²) in [7, 11) is -3.33. The molecular weight excluding hydrogens is 346 g/mol. The Morgan fingerprint density at radius 2 is 1.56 bits per heavy atom. The Morgan fingerprint density at radius 1 is 0.880 bits per heavy atom. The molecule has 25 heavy (non-hydrogen) atoms. The van der Waals surface area contributed by atoms with Crippen molar-refractivity contribution in [2.24, 2.45) is 0 Å². The van der Waals surface area contributed by atoms with Gasteiger partial charge in [0.05, 0.1) is 5.75 Å². The maximum absolute atomic E-state index is 13.4. The summed E-state index contributed by atoms with van der Waals surface area (Å²) in [6, 6.07) is 13.3. The van der Waals surface area contributed by atoms with Gasteiger partial charge >= 0.3 is 0 Å². The number of sulfonamides is 1. The summed E-state index contributed by atoms with van der Waals surface area (Å²) in [6.07, 6.45) is 0.479. The van der Waals surface area contributed by atoms with Gasteiger partial charge in [-0.1, -0.05) is 30.3 Å². The molecule has 3 rings (SSSR count). The second-order valence-electron chi connectivity index (χ2n) is 6.04. The lowest BCUT2D eigenvalue weighted by Gasteiger charge is -2.35. The molecule has 0 bridgehead atoms. The van der Waals surface area contributed by atoms with E-state index in [2.05, 4.69) is 0 Å². The van der Waals surface area contributed by atoms with Crippen LogP contribution in [0.25, 0.3) is 0 Å². The predicted molar refractivity (Wildman–Crippen MR) is 94.1 cm³/mol. The van der Waals surface area contributed by atoms with Crippen LogP contribution in [-0.4, -0.2) is 44.7 Å². The monoisotopic (exact) mass is 366 g/mol. The average Bonchev–Trinajstić information content (AvgIpc) is 2.63. The molecule has 134 valence electrons. The zero-order valence-electron chi connectivity index (χ0n) is 13.7. The topological polar surface area (TPSA) is 40.6 Å². The summed E-state index contributed by atoms with van der Waals surface area (Å²) in [5, 5.41) is 0. The van der Waals surface area contributed by atoms with E-state index in [1.165, 1.54) is 10.4 Å². The fourth-order valence-electron chi connectivity index (χ4n) is 2.93. The van der Waals surface area contributed by atoms with E-state index >= 15 is 0 Å². The number of piperazine rings is 1. The van der Waals surface area contributed by atoms with Crippen LogP contribution in [0.4, 0.5) is 14.5 Å². The Morgan fingerprint density at radius 3 is 2.20 bits per heavy atom. The average molecular weight is 366 g/mol. The molecule has 0 aromatic heterocycles. The van der Waals surface area contributed by atoms with Gasteiger partial charge in [-0.15, -0.1) is 0 Å². The Bertz CT molecular complexity index is 820. The highest BCUT2D eigenvalue weighted by molar-refractivity contribution is 7.89. The minimum Gasteiger partial charge on any atom is -0.369 e. The van der Waals surface area contributed by atoms with Crippen LogP contribution in [0, 0.1) is 11.6 Å². The van der Waals surface area contributed by atoms with Gasteiger partial charge in [0, 0.05) is 37.9 Å². The largest absolute Gasteiger partial charge is 0.369 e. The van der Waals surface area contributed by atoms with Crippen molar-refractivity contribution in [2.75, 3.05) is 36.8 Å². The van der Waals surface area contributed by atoms with Gasteiger partial charge < -0.3 is 4.90 Å². The fraction of sp³-hybridized carbons (Fsp3) is 0.333. The second kappa shape index (κ2) is 7.49. The summed E-state index contributed by atoms with van der Waals surface area (Å²) in [6.45, 7) is 1.59. The number of halogens is 2. The molecule has 7 heteroatoms. The summed E-state index contributed by atoms with van der Waals surface area (Å²) >= 11 is 0. The third-order valence-corrected chi connectivity index (χ3v) is 6.26. The SMILES string of the molecule is O=S(=O)(CCc1ccccc1)N1CCN(c2ccc(F)c(F)c2)CC1. The fourth-order valence-corrected chi connectivity index (χ4v) is 4.40. The Kier molecular flexibility index (Phi) is 5.34. The maximum atomic E-state index is 13.4. The van der Waals surface area contributed by atoms with Crippen molar-refractivity contribution in [3.63, 3.8) is 0 Å². The van der Waals surface area contributed by atoms with Gasteiger partial charge in [0.2, 0.25) is 10.0 Å². The molecule has 4 nitrogen and oxygen atoms in total. The molecule has 0 N–H and O–H groups in total. The zero-order valence-corrected chi connectivity index (χ0v) is 14.6. The van der Waals surface area contributed by atoms with E-state index in [0.717, 1.165) is 17.7 Å². The molecule has 1 aliphatic rings. The number of nitrogens with zero attached hydrogens (tertiary/aromatic N) is 2. The molecule has 2 aromatic rings. The number of anilines is 1. The molecule has 1 saturated heterocycles. The molecule has 0 aliphatic carbocycles. The van der Waals surface area contributed by atoms with Crippen molar-refractivity contribution in [1.29, 1.82) is 0 Å². The molecule has 2 aromatic carbocycles. The van der Waals surface area contributed by atoms with E-state index in [9.17, 15) is 17.2 Å². The second-order valence-corrected chi connectivity index (χ2v) is 8.12. The predicted octanol–water partition coefficient (Wildman–Crippen LogP) is 2.66. The highest BCUT2D eigenvalue weighted by atomic mass is 32.2. The van der Waals surface area contributed by atoms with Crippen LogP contribution < -0.4 is 4.90 Å². The first-order valence-corrected chi connectivity index (χ1v) is 9.78. The van der Waals surface area contributed by atoms with Crippen LogP contribution in [0.15, 0.2) is 48.5 Å². The van der Waals surface area contributed by atoms with E-state index in [1.807, 2.05) is 35.2 Å². The van der Waals surface area contributed by atoms with Crippen molar-refractivity contribution in [1.82, 2.24) is 4.31 Å². The molecule has 1 heterocycles. The van der Waals surface area contributed by atoms with Crippen LogP contribution in [0.5, 0.6) is 0 Å². The van der Waals surface area contributed by atoms with E-state index in [1.54, 1.807) is 0 Å². The highest BCUT2D eigenvalue weighted by Gasteiger charge is 2.27. The summed E-state index contributed by atoms with van der Waals surface area (Å²) in [5.74, 6) is -1.70. The van der Waals surface area contributed by atoms with Crippen molar-refractivity contribution >= 4 is 15.7 Å². The first kappa shape index (κ1) is 17.8. The van der Waals surface area contributed by atoms with Gasteiger partial charge in [0.25, 0.3) is 0 Å². The smallest absolute Gasteiger partial charge is 0.214 e. The zero-order chi connectivity index (χ0) is 17.9. The molecule has 0 radical (unpaired) electrons. The van der Waals surface area contributed by atoms with Crippen LogP contribution in [0.3, 0.4) is 0 Å². The number of benzene rings is 2. The van der Waals surface area contributed by atoms with Crippen molar-refractivity contribution in [3.8, 4) is 0 Å². The van der Waals surface area contributed by atoms with Gasteiger partial charge in [0.15, 0.2) is 11.6 Å². The van der Waals surface area contributed by atoms with Crippen LogP contribution >= 0.6 is 0 Å². The number of hydrogen-bond acceptors (Lipinski definition) is 3. The van der Waals surface area contributed by atoms with E-state index in [4.69, 9.17) is 0 Å². The molecule has 0 spiro atoms.